The molecule has 0 radical (unpaired) electrons. The van der Waals surface area contributed by atoms with Gasteiger partial charge in [0.05, 0.1) is 0 Å². The van der Waals surface area contributed by atoms with Crippen molar-refractivity contribution < 1.29 is 14.6 Å². The lowest BCUT2D eigenvalue weighted by Gasteiger charge is -2.23. The summed E-state index contributed by atoms with van der Waals surface area (Å²) in [4.78, 5) is 11.7. The van der Waals surface area contributed by atoms with Crippen LogP contribution in [0.25, 0.3) is 0 Å². The van der Waals surface area contributed by atoms with Crippen LogP contribution in [-0.4, -0.2) is 35.4 Å². The van der Waals surface area contributed by atoms with Gasteiger partial charge in [-0.15, -0.1) is 0 Å². The van der Waals surface area contributed by atoms with E-state index in [1.54, 1.807) is 12.1 Å². The van der Waals surface area contributed by atoms with E-state index < -0.39 is 11.7 Å². The number of alkyl carbamates (subject to hydrolysis) is 1. The zero-order valence-corrected chi connectivity index (χ0v) is 14.1. The van der Waals surface area contributed by atoms with Crippen molar-refractivity contribution in [3.05, 3.63) is 29.8 Å². The lowest BCUT2D eigenvalue weighted by molar-refractivity contribution is 0.0507. The van der Waals surface area contributed by atoms with Gasteiger partial charge in [-0.3, -0.25) is 0 Å². The lowest BCUT2D eigenvalue weighted by atomic mass is 10.1. The van der Waals surface area contributed by atoms with Crippen LogP contribution in [0.2, 0.25) is 0 Å². The Labute approximate surface area is 133 Å². The molecule has 1 aromatic rings. The van der Waals surface area contributed by atoms with Gasteiger partial charge in [0.2, 0.25) is 0 Å². The van der Waals surface area contributed by atoms with Crippen LogP contribution in [0.5, 0.6) is 5.75 Å². The molecule has 124 valence electrons. The molecule has 1 aromatic carbocycles. The summed E-state index contributed by atoms with van der Waals surface area (Å²) in [5.41, 5.74) is 0.675. The van der Waals surface area contributed by atoms with Crippen molar-refractivity contribution in [1.29, 1.82) is 0 Å². The topological polar surface area (TPSA) is 70.6 Å². The summed E-state index contributed by atoms with van der Waals surface area (Å²) >= 11 is 0. The molecule has 3 N–H and O–H groups in total. The summed E-state index contributed by atoms with van der Waals surface area (Å²) in [6, 6.07) is 7.46. The Balaban J connectivity index is 2.29. The van der Waals surface area contributed by atoms with Crippen molar-refractivity contribution >= 4 is 6.09 Å². The van der Waals surface area contributed by atoms with Crippen molar-refractivity contribution in [2.75, 3.05) is 6.54 Å². The molecule has 0 bridgehead atoms. The van der Waals surface area contributed by atoms with Crippen LogP contribution in [0.1, 0.15) is 40.2 Å². The van der Waals surface area contributed by atoms with Crippen molar-refractivity contribution in [3.8, 4) is 5.75 Å². The number of amides is 1. The Morgan fingerprint density at radius 1 is 1.18 bits per heavy atom. The molecule has 0 aliphatic heterocycles. The van der Waals surface area contributed by atoms with E-state index in [-0.39, 0.29) is 17.8 Å². The van der Waals surface area contributed by atoms with Crippen molar-refractivity contribution in [1.82, 2.24) is 10.6 Å². The highest BCUT2D eigenvalue weighted by Gasteiger charge is 2.17. The zero-order chi connectivity index (χ0) is 16.8. The first-order valence-corrected chi connectivity index (χ1v) is 7.66. The van der Waals surface area contributed by atoms with Crippen LogP contribution in [-0.2, 0) is 11.2 Å². The van der Waals surface area contributed by atoms with Crippen LogP contribution in [0.15, 0.2) is 24.3 Å². The molecule has 0 saturated carbocycles. The highest BCUT2D eigenvalue weighted by atomic mass is 16.6. The van der Waals surface area contributed by atoms with Crippen LogP contribution in [0.3, 0.4) is 0 Å². The number of nitrogens with one attached hydrogen (secondary N) is 2. The predicted octanol–water partition coefficient (Wildman–Crippen LogP) is 2.83. The molecule has 0 aromatic heterocycles. The number of phenolic OH excluding ortho intramolecular Hbond substituents is 1. The summed E-state index contributed by atoms with van der Waals surface area (Å²) in [6.45, 7) is 10.2. The Bertz CT molecular complexity index is 466. The first-order valence-electron chi connectivity index (χ1n) is 7.66. The molecule has 0 fully saturated rings. The number of hydrogen-bond donors (Lipinski definition) is 3. The second kappa shape index (κ2) is 8.03. The third-order valence-corrected chi connectivity index (χ3v) is 3.01. The van der Waals surface area contributed by atoms with Gasteiger partial charge < -0.3 is 20.5 Å². The lowest BCUT2D eigenvalue weighted by Crippen LogP contribution is -2.44. The molecule has 5 heteroatoms. The van der Waals surface area contributed by atoms with Crippen LogP contribution >= 0.6 is 0 Å². The van der Waals surface area contributed by atoms with Gasteiger partial charge in [0.25, 0.3) is 0 Å². The van der Waals surface area contributed by atoms with Crippen LogP contribution in [0, 0.1) is 0 Å². The normalized spacial score (nSPS) is 14.2. The van der Waals surface area contributed by atoms with Gasteiger partial charge in [0.15, 0.2) is 0 Å². The third-order valence-electron chi connectivity index (χ3n) is 3.01. The minimum Gasteiger partial charge on any atom is -0.508 e. The number of benzene rings is 1. The number of hydrogen-bond acceptors (Lipinski definition) is 4. The monoisotopic (exact) mass is 308 g/mol. The van der Waals surface area contributed by atoms with E-state index in [1.165, 1.54) is 0 Å². The van der Waals surface area contributed by atoms with E-state index in [2.05, 4.69) is 17.6 Å². The van der Waals surface area contributed by atoms with Gasteiger partial charge in [-0.1, -0.05) is 12.1 Å². The van der Waals surface area contributed by atoms with Gasteiger partial charge in [0, 0.05) is 18.6 Å². The molecule has 22 heavy (non-hydrogen) atoms. The van der Waals surface area contributed by atoms with Crippen molar-refractivity contribution in [2.24, 2.45) is 0 Å². The molecular formula is C17H28N2O3. The standard InChI is InChI=1S/C17H28N2O3/c1-12(10-14-6-8-15(20)9-7-14)18-11-13(2)19-16(21)22-17(3,4)5/h6-9,12-13,18,20H,10-11H2,1-5H3,(H,19,21). The Kier molecular flexibility index (Phi) is 6.68. The maximum absolute atomic E-state index is 11.7. The van der Waals surface area contributed by atoms with E-state index in [0.717, 1.165) is 12.0 Å². The molecule has 2 unspecified atom stereocenters. The molecule has 0 spiro atoms. The summed E-state index contributed by atoms with van der Waals surface area (Å²) in [5, 5.41) is 15.5. The van der Waals surface area contributed by atoms with Gasteiger partial charge in [0.1, 0.15) is 11.4 Å². The van der Waals surface area contributed by atoms with E-state index >= 15 is 0 Å². The smallest absolute Gasteiger partial charge is 0.407 e. The molecule has 0 saturated heterocycles. The maximum Gasteiger partial charge on any atom is 0.407 e. The van der Waals surface area contributed by atoms with Gasteiger partial charge in [-0.05, 0) is 58.7 Å². The molecular weight excluding hydrogens is 280 g/mol. The van der Waals surface area contributed by atoms with Gasteiger partial charge >= 0.3 is 6.09 Å². The number of carbonyl (C=O) groups excluding carboxylic acids is 1. The minimum absolute atomic E-state index is 0.0166. The Morgan fingerprint density at radius 3 is 2.32 bits per heavy atom. The number of aromatic hydroxyl groups is 1. The fourth-order valence-electron chi connectivity index (χ4n) is 2.00. The van der Waals surface area contributed by atoms with Crippen LogP contribution < -0.4 is 10.6 Å². The zero-order valence-electron chi connectivity index (χ0n) is 14.1. The van der Waals surface area contributed by atoms with E-state index in [1.807, 2.05) is 39.8 Å². The first-order chi connectivity index (χ1) is 10.2. The quantitative estimate of drug-likeness (QED) is 0.756. The average molecular weight is 308 g/mol. The molecule has 1 amide bonds. The van der Waals surface area contributed by atoms with Crippen molar-refractivity contribution in [3.63, 3.8) is 0 Å². The highest BCUT2D eigenvalue weighted by molar-refractivity contribution is 5.68. The SMILES string of the molecule is CC(Cc1ccc(O)cc1)NCC(C)NC(=O)OC(C)(C)C. The minimum atomic E-state index is -0.483. The maximum atomic E-state index is 11.7. The summed E-state index contributed by atoms with van der Waals surface area (Å²) < 4.78 is 5.22. The van der Waals surface area contributed by atoms with Crippen molar-refractivity contribution in [2.45, 2.75) is 58.7 Å². The molecule has 0 aliphatic rings. The molecule has 5 nitrogen and oxygen atoms in total. The second-order valence-corrected chi connectivity index (χ2v) is 6.73. The fraction of sp³-hybridized carbons (Fsp3) is 0.588. The highest BCUT2D eigenvalue weighted by Crippen LogP contribution is 2.11. The predicted molar refractivity (Wildman–Crippen MR) is 88.1 cm³/mol. The number of carbonyl (C=O) groups is 1. The third kappa shape index (κ3) is 7.88. The summed E-state index contributed by atoms with van der Waals surface area (Å²) in [5.74, 6) is 0.277. The van der Waals surface area contributed by atoms with E-state index in [4.69, 9.17) is 4.74 Å². The number of phenols is 1. The molecule has 2 atom stereocenters. The number of ether oxygens (including phenoxy) is 1. The van der Waals surface area contributed by atoms with Gasteiger partial charge in [-0.25, -0.2) is 4.79 Å². The first kappa shape index (κ1) is 18.3. The molecule has 1 rings (SSSR count). The Hall–Kier alpha value is -1.75. The van der Waals surface area contributed by atoms with E-state index in [9.17, 15) is 9.90 Å². The summed E-state index contributed by atoms with van der Waals surface area (Å²) in [6.07, 6.45) is 0.465. The number of rotatable bonds is 6. The fourth-order valence-corrected chi connectivity index (χ4v) is 2.00. The molecule has 0 heterocycles. The van der Waals surface area contributed by atoms with Crippen LogP contribution in [0.4, 0.5) is 4.79 Å². The summed E-state index contributed by atoms with van der Waals surface area (Å²) in [7, 11) is 0. The largest absolute Gasteiger partial charge is 0.508 e. The van der Waals surface area contributed by atoms with Gasteiger partial charge in [-0.2, -0.15) is 0 Å². The second-order valence-electron chi connectivity index (χ2n) is 6.73. The Morgan fingerprint density at radius 2 is 1.77 bits per heavy atom. The average Bonchev–Trinajstić information content (AvgIpc) is 2.37. The van der Waals surface area contributed by atoms with E-state index in [0.29, 0.717) is 6.54 Å². The molecule has 0 aliphatic carbocycles.